The highest BCUT2D eigenvalue weighted by atomic mass is 19.4. The van der Waals surface area contributed by atoms with Crippen LogP contribution in [0.25, 0.3) is 0 Å². The third-order valence-electron chi connectivity index (χ3n) is 2.05. The van der Waals surface area contributed by atoms with Crippen molar-refractivity contribution in [2.75, 3.05) is 0 Å². The second kappa shape index (κ2) is 4.92. The van der Waals surface area contributed by atoms with Gasteiger partial charge in [0.1, 0.15) is 0 Å². The minimum absolute atomic E-state index is 0.270. The van der Waals surface area contributed by atoms with Crippen molar-refractivity contribution in [1.29, 1.82) is 0 Å². The van der Waals surface area contributed by atoms with Gasteiger partial charge in [-0.1, -0.05) is 0 Å². The third-order valence-corrected chi connectivity index (χ3v) is 2.05. The molecule has 96 valence electrons. The van der Waals surface area contributed by atoms with E-state index in [0.717, 1.165) is 0 Å². The largest absolute Gasteiger partial charge is 0.418 e. The Morgan fingerprint density at radius 2 is 1.94 bits per heavy atom. The van der Waals surface area contributed by atoms with Crippen LogP contribution in [0.5, 0.6) is 0 Å². The van der Waals surface area contributed by atoms with Crippen molar-refractivity contribution in [3.05, 3.63) is 28.6 Å². The van der Waals surface area contributed by atoms with E-state index in [2.05, 4.69) is 4.98 Å². The minimum atomic E-state index is -4.96. The van der Waals surface area contributed by atoms with Crippen LogP contribution < -0.4 is 5.73 Å². The molecule has 0 radical (unpaired) electrons. The first-order chi connectivity index (χ1) is 7.81. The lowest BCUT2D eigenvalue weighted by Gasteiger charge is -2.16. The Bertz CT molecular complexity index is 405. The maximum Gasteiger partial charge on any atom is 0.418 e. The topological polar surface area (TPSA) is 59.1 Å². The Balaban J connectivity index is 3.53. The highest BCUT2D eigenvalue weighted by molar-refractivity contribution is 5.36. The van der Waals surface area contributed by atoms with Gasteiger partial charge < -0.3 is 10.8 Å². The van der Waals surface area contributed by atoms with Crippen LogP contribution in [-0.2, 0) is 19.3 Å². The Hall–Kier alpha value is -1.28. The van der Waals surface area contributed by atoms with E-state index in [1.807, 2.05) is 0 Å². The number of halogens is 5. The van der Waals surface area contributed by atoms with Gasteiger partial charge in [-0.3, -0.25) is 4.98 Å². The maximum atomic E-state index is 12.6. The zero-order valence-electron chi connectivity index (χ0n) is 8.43. The monoisotopic (exact) mass is 256 g/mol. The molecule has 8 heteroatoms. The van der Waals surface area contributed by atoms with E-state index in [1.165, 1.54) is 0 Å². The van der Waals surface area contributed by atoms with Crippen LogP contribution in [0, 0.1) is 0 Å². The fourth-order valence-electron chi connectivity index (χ4n) is 1.41. The summed E-state index contributed by atoms with van der Waals surface area (Å²) < 4.78 is 62.9. The first kappa shape index (κ1) is 13.8. The molecule has 0 aliphatic rings. The fraction of sp³-hybridized carbons (Fsp3) is 0.444. The Labute approximate surface area is 93.1 Å². The van der Waals surface area contributed by atoms with Crippen LogP contribution in [-0.4, -0.2) is 10.1 Å². The van der Waals surface area contributed by atoms with E-state index >= 15 is 0 Å². The molecule has 0 unspecified atom stereocenters. The quantitative estimate of drug-likeness (QED) is 0.813. The minimum Gasteiger partial charge on any atom is -0.390 e. The lowest BCUT2D eigenvalue weighted by atomic mass is 10.0. The van der Waals surface area contributed by atoms with Crippen molar-refractivity contribution < 1.29 is 27.1 Å². The fourth-order valence-corrected chi connectivity index (χ4v) is 1.41. The van der Waals surface area contributed by atoms with Gasteiger partial charge >= 0.3 is 6.18 Å². The lowest BCUT2D eigenvalue weighted by Crippen LogP contribution is -2.18. The van der Waals surface area contributed by atoms with E-state index in [4.69, 9.17) is 10.8 Å². The highest BCUT2D eigenvalue weighted by Crippen LogP contribution is 2.38. The zero-order chi connectivity index (χ0) is 13.2. The van der Waals surface area contributed by atoms with E-state index in [1.54, 1.807) is 0 Å². The summed E-state index contributed by atoms with van der Waals surface area (Å²) in [6.45, 7) is -1.37. The van der Waals surface area contributed by atoms with E-state index in [-0.39, 0.29) is 5.69 Å². The first-order valence-corrected chi connectivity index (χ1v) is 4.50. The predicted molar refractivity (Wildman–Crippen MR) is 48.0 cm³/mol. The normalized spacial score (nSPS) is 12.2. The lowest BCUT2D eigenvalue weighted by molar-refractivity contribution is -0.140. The molecule has 1 aromatic rings. The number of hydrogen-bond donors (Lipinski definition) is 2. The van der Waals surface area contributed by atoms with Gasteiger partial charge in [0.25, 0.3) is 6.43 Å². The molecule has 0 bridgehead atoms. The number of hydrogen-bond acceptors (Lipinski definition) is 3. The summed E-state index contributed by atoms with van der Waals surface area (Å²) in [6.07, 6.45) is -8.27. The Morgan fingerprint density at radius 3 is 2.29 bits per heavy atom. The SMILES string of the molecule is NCc1nc(CO)cc(C(F)F)c1C(F)(F)F. The summed E-state index contributed by atoms with van der Waals surface area (Å²) in [5.74, 6) is 0. The van der Waals surface area contributed by atoms with Gasteiger partial charge in [0.15, 0.2) is 0 Å². The highest BCUT2D eigenvalue weighted by Gasteiger charge is 2.39. The molecule has 1 heterocycles. The number of nitrogens with zero attached hydrogens (tertiary/aromatic N) is 1. The molecule has 0 aliphatic carbocycles. The molecule has 0 fully saturated rings. The van der Waals surface area contributed by atoms with Crippen molar-refractivity contribution in [2.24, 2.45) is 5.73 Å². The van der Waals surface area contributed by atoms with Crippen molar-refractivity contribution in [2.45, 2.75) is 25.8 Å². The Kier molecular flexibility index (Phi) is 3.99. The summed E-state index contributed by atoms with van der Waals surface area (Å²) in [6, 6.07) is 0.534. The smallest absolute Gasteiger partial charge is 0.390 e. The van der Waals surface area contributed by atoms with Gasteiger partial charge in [0, 0.05) is 12.1 Å². The van der Waals surface area contributed by atoms with Gasteiger partial charge in [-0.2, -0.15) is 13.2 Å². The molecule has 3 nitrogen and oxygen atoms in total. The summed E-state index contributed by atoms with van der Waals surface area (Å²) in [4.78, 5) is 3.39. The van der Waals surface area contributed by atoms with E-state index in [9.17, 15) is 22.0 Å². The zero-order valence-corrected chi connectivity index (χ0v) is 8.43. The van der Waals surface area contributed by atoms with Gasteiger partial charge in [0.05, 0.1) is 23.6 Å². The molecule has 0 amide bonds. The van der Waals surface area contributed by atoms with Crippen molar-refractivity contribution in [1.82, 2.24) is 4.98 Å². The predicted octanol–water partition coefficient (Wildman–Crippen LogP) is 1.99. The molecule has 0 atom stereocenters. The number of alkyl halides is 5. The van der Waals surface area contributed by atoms with Gasteiger partial charge in [-0.25, -0.2) is 8.78 Å². The number of aliphatic hydroxyl groups is 1. The molecule has 0 aliphatic heterocycles. The van der Waals surface area contributed by atoms with Crippen LogP contribution in [0.4, 0.5) is 22.0 Å². The summed E-state index contributed by atoms with van der Waals surface area (Å²) >= 11 is 0. The van der Waals surface area contributed by atoms with Crippen LogP contribution in [0.1, 0.15) is 28.9 Å². The summed E-state index contributed by atoms with van der Waals surface area (Å²) in [7, 11) is 0. The molecule has 0 aromatic carbocycles. The molecule has 0 saturated carbocycles. The van der Waals surface area contributed by atoms with Gasteiger partial charge in [-0.15, -0.1) is 0 Å². The number of aromatic nitrogens is 1. The molecule has 1 aromatic heterocycles. The van der Waals surface area contributed by atoms with Crippen molar-refractivity contribution in [3.63, 3.8) is 0 Å². The molecule has 0 saturated heterocycles. The summed E-state index contributed by atoms with van der Waals surface area (Å²) in [5, 5.41) is 8.73. The molecule has 17 heavy (non-hydrogen) atoms. The molecule has 0 spiro atoms. The van der Waals surface area contributed by atoms with Crippen LogP contribution in [0.2, 0.25) is 0 Å². The molecule has 1 rings (SSSR count). The number of pyridine rings is 1. The number of nitrogens with two attached hydrogens (primary N) is 1. The number of rotatable bonds is 3. The van der Waals surface area contributed by atoms with Crippen molar-refractivity contribution in [3.8, 4) is 0 Å². The maximum absolute atomic E-state index is 12.6. The second-order valence-electron chi connectivity index (χ2n) is 3.19. The average molecular weight is 256 g/mol. The van der Waals surface area contributed by atoms with Gasteiger partial charge in [-0.05, 0) is 6.07 Å². The van der Waals surface area contributed by atoms with Gasteiger partial charge in [0.2, 0.25) is 0 Å². The molecular weight excluding hydrogens is 247 g/mol. The second-order valence-corrected chi connectivity index (χ2v) is 3.19. The standard InChI is InChI=1S/C9H9F5N2O/c10-8(11)5-1-4(3-17)16-6(2-15)7(5)9(12,13)14/h1,8,17H,2-3,15H2. The summed E-state index contributed by atoms with van der Waals surface area (Å²) in [5.41, 5.74) is 1.35. The van der Waals surface area contributed by atoms with E-state index < -0.39 is 42.6 Å². The van der Waals surface area contributed by atoms with Crippen LogP contribution >= 0.6 is 0 Å². The average Bonchev–Trinajstić information content (AvgIpc) is 2.25. The van der Waals surface area contributed by atoms with Crippen molar-refractivity contribution >= 4 is 0 Å². The van der Waals surface area contributed by atoms with Crippen LogP contribution in [0.3, 0.4) is 0 Å². The van der Waals surface area contributed by atoms with E-state index in [0.29, 0.717) is 6.07 Å². The first-order valence-electron chi connectivity index (χ1n) is 4.50. The Morgan fingerprint density at radius 1 is 1.35 bits per heavy atom. The molecule has 3 N–H and O–H groups in total. The third kappa shape index (κ3) is 2.89. The molecular formula is C9H9F5N2O. The van der Waals surface area contributed by atoms with Crippen LogP contribution in [0.15, 0.2) is 6.07 Å². The number of aliphatic hydroxyl groups excluding tert-OH is 1.